The summed E-state index contributed by atoms with van der Waals surface area (Å²) in [5.41, 5.74) is 5.25. The standard InChI is InChI=1S/C6H10N2O3.C5H10N2O2.2C2H6.2Ar/c1-8-3-5(2-7-4-9)11-6(8)10;1-7-3-4(2-6)9-5(7)8;2*1-2;;/h4-5H,2-3H2,1H3,(H,7,9);4H,2-3,6H2,1H3;2*1-2H3;;/t5-;4-;;;;/m00..../s1. The van der Waals surface area contributed by atoms with E-state index in [0.29, 0.717) is 32.6 Å². The molecule has 0 unspecified atom stereocenters. The average molecular weight is 428 g/mol. The number of carbonyl (C=O) groups is 3. The van der Waals surface area contributed by atoms with E-state index in [1.807, 2.05) is 27.7 Å². The van der Waals surface area contributed by atoms with E-state index in [2.05, 4.69) is 5.32 Å². The second-order valence-corrected chi connectivity index (χ2v) is 4.53. The number of hydrogen-bond donors (Lipinski definition) is 2. The number of nitrogens with two attached hydrogens (primary N) is 1. The molecule has 0 bridgehead atoms. The van der Waals surface area contributed by atoms with Crippen LogP contribution in [0.2, 0.25) is 0 Å². The quantitative estimate of drug-likeness (QED) is 0.635. The van der Waals surface area contributed by atoms with E-state index >= 15 is 0 Å². The van der Waals surface area contributed by atoms with Crippen LogP contribution in [0, 0.1) is 75.5 Å². The zero-order valence-electron chi connectivity index (χ0n) is 16.3. The number of rotatable bonds is 4. The molecule has 0 aromatic rings. The second-order valence-electron chi connectivity index (χ2n) is 4.53. The topological polar surface area (TPSA) is 114 Å². The minimum absolute atomic E-state index is 0. The third-order valence-corrected chi connectivity index (χ3v) is 2.81. The van der Waals surface area contributed by atoms with E-state index in [9.17, 15) is 14.4 Å². The molecule has 2 rings (SSSR count). The molecule has 2 aliphatic heterocycles. The Bertz CT molecular complexity index is 378. The zero-order valence-corrected chi connectivity index (χ0v) is 17.7. The largest absolute Gasteiger partial charge is 0.443 e. The molecule has 158 valence electrons. The van der Waals surface area contributed by atoms with Crippen LogP contribution in [0.5, 0.6) is 0 Å². The van der Waals surface area contributed by atoms with Crippen molar-refractivity contribution in [2.24, 2.45) is 5.73 Å². The summed E-state index contributed by atoms with van der Waals surface area (Å²) in [5, 5.41) is 2.45. The maximum absolute atomic E-state index is 10.7. The van der Waals surface area contributed by atoms with E-state index in [0.717, 1.165) is 0 Å². The van der Waals surface area contributed by atoms with Crippen molar-refractivity contribution in [3.05, 3.63) is 0 Å². The molecule has 3 amide bonds. The van der Waals surface area contributed by atoms with Gasteiger partial charge in [-0.1, -0.05) is 27.7 Å². The van der Waals surface area contributed by atoms with Gasteiger partial charge in [0.15, 0.2) is 0 Å². The van der Waals surface area contributed by atoms with Crippen molar-refractivity contribution in [1.82, 2.24) is 15.1 Å². The van der Waals surface area contributed by atoms with Crippen molar-refractivity contribution >= 4 is 18.6 Å². The summed E-state index contributed by atoms with van der Waals surface area (Å²) in [4.78, 5) is 34.2. The van der Waals surface area contributed by atoms with Gasteiger partial charge in [-0.2, -0.15) is 0 Å². The normalized spacial score (nSPS) is 19.5. The number of ether oxygens (including phenoxy) is 2. The first-order chi connectivity index (χ1) is 11.5. The minimum atomic E-state index is -0.331. The molecule has 2 saturated heterocycles. The molecule has 2 aliphatic rings. The molecule has 0 aromatic carbocycles. The molecule has 2 atom stereocenters. The fraction of sp³-hybridized carbons (Fsp3) is 0.800. The summed E-state index contributed by atoms with van der Waals surface area (Å²) in [6.07, 6.45) is -0.306. The molecule has 0 radical (unpaired) electrons. The monoisotopic (exact) mass is 428 g/mol. The van der Waals surface area contributed by atoms with Crippen LogP contribution in [0.4, 0.5) is 9.59 Å². The molecule has 9 nitrogen and oxygen atoms in total. The predicted octanol–water partition coefficient (Wildman–Crippen LogP) is 0.631. The average Bonchev–Trinajstić information content (AvgIpc) is 3.11. The van der Waals surface area contributed by atoms with Crippen molar-refractivity contribution < 1.29 is 99.3 Å². The summed E-state index contributed by atoms with van der Waals surface area (Å²) in [6.45, 7) is 9.96. The Balaban J connectivity index is -0.000000148. The molecule has 0 saturated carbocycles. The number of amides is 3. The Morgan fingerprint density at radius 1 is 1.00 bits per heavy atom. The first-order valence-electron chi connectivity index (χ1n) is 8.18. The smallest absolute Gasteiger partial charge is 0.410 e. The van der Waals surface area contributed by atoms with E-state index < -0.39 is 0 Å². The van der Waals surface area contributed by atoms with Crippen LogP contribution >= 0.6 is 0 Å². The molecule has 3 N–H and O–H groups in total. The van der Waals surface area contributed by atoms with E-state index in [1.54, 1.807) is 14.1 Å². The summed E-state index contributed by atoms with van der Waals surface area (Å²) in [6, 6.07) is 0. The van der Waals surface area contributed by atoms with Crippen molar-refractivity contribution in [2.45, 2.75) is 39.9 Å². The minimum Gasteiger partial charge on any atom is -0.443 e. The van der Waals surface area contributed by atoms with E-state index in [4.69, 9.17) is 15.2 Å². The van der Waals surface area contributed by atoms with Gasteiger partial charge < -0.3 is 30.3 Å². The summed E-state index contributed by atoms with van der Waals surface area (Å²) < 4.78 is 9.63. The number of cyclic esters (lactones) is 2. The van der Waals surface area contributed by atoms with Crippen LogP contribution in [-0.4, -0.2) is 80.9 Å². The van der Waals surface area contributed by atoms with Gasteiger partial charge in [-0.25, -0.2) is 9.59 Å². The first kappa shape index (κ1) is 34.0. The van der Waals surface area contributed by atoms with Crippen LogP contribution in [-0.2, 0) is 14.3 Å². The van der Waals surface area contributed by atoms with Gasteiger partial charge >= 0.3 is 12.2 Å². The van der Waals surface area contributed by atoms with Gasteiger partial charge in [0.1, 0.15) is 12.2 Å². The van der Waals surface area contributed by atoms with Crippen LogP contribution < -0.4 is 11.1 Å². The molecule has 0 spiro atoms. The molecular formula is C15H32Ar2N4O5. The molecule has 2 fully saturated rings. The number of likely N-dealkylation sites (N-methyl/N-ethyl adjacent to an activating group) is 2. The molecular weight excluding hydrogens is 396 g/mol. The number of nitrogens with zero attached hydrogens (tertiary/aromatic N) is 2. The third kappa shape index (κ3) is 14.5. The Labute approximate surface area is 216 Å². The van der Waals surface area contributed by atoms with E-state index in [1.165, 1.54) is 9.80 Å². The van der Waals surface area contributed by atoms with Gasteiger partial charge in [-0.15, -0.1) is 0 Å². The van der Waals surface area contributed by atoms with Crippen LogP contribution in [0.1, 0.15) is 27.7 Å². The Morgan fingerprint density at radius 3 is 1.62 bits per heavy atom. The molecule has 11 heteroatoms. The molecule has 0 aromatic heterocycles. The number of carbonyl (C=O) groups excluding carboxylic acids is 3. The maximum Gasteiger partial charge on any atom is 0.410 e. The summed E-state index contributed by atoms with van der Waals surface area (Å²) in [7, 11) is 3.35. The Kier molecular flexibility index (Phi) is 28.5. The van der Waals surface area contributed by atoms with Crippen molar-refractivity contribution in [3.8, 4) is 0 Å². The summed E-state index contributed by atoms with van der Waals surface area (Å²) in [5.74, 6) is 0. The van der Waals surface area contributed by atoms with Crippen LogP contribution in [0.3, 0.4) is 0 Å². The molecule has 0 aliphatic carbocycles. The maximum atomic E-state index is 10.7. The Morgan fingerprint density at radius 2 is 1.38 bits per heavy atom. The van der Waals surface area contributed by atoms with Gasteiger partial charge in [-0.3, -0.25) is 4.79 Å². The first-order valence-corrected chi connectivity index (χ1v) is 8.18. The SMILES string of the molecule is CC.CC.CN1C[C@H](CN)OC1=O.CN1C[C@H](CNC=O)OC1=O.[Ar].[Ar]. The number of nitrogens with one attached hydrogen (secondary N) is 1. The van der Waals surface area contributed by atoms with Crippen molar-refractivity contribution in [1.29, 1.82) is 0 Å². The predicted molar refractivity (Wildman–Crippen MR) is 91.6 cm³/mol. The van der Waals surface area contributed by atoms with Crippen LogP contribution in [0.15, 0.2) is 0 Å². The number of hydrogen-bond acceptors (Lipinski definition) is 6. The van der Waals surface area contributed by atoms with Gasteiger partial charge in [0.05, 0.1) is 19.6 Å². The zero-order chi connectivity index (χ0) is 19.1. The molecule has 26 heavy (non-hydrogen) atoms. The van der Waals surface area contributed by atoms with Gasteiger partial charge in [0.2, 0.25) is 6.41 Å². The van der Waals surface area contributed by atoms with Gasteiger partial charge in [0.25, 0.3) is 0 Å². The third-order valence-electron chi connectivity index (χ3n) is 2.81. The fourth-order valence-corrected chi connectivity index (χ4v) is 1.71. The van der Waals surface area contributed by atoms with Crippen molar-refractivity contribution in [2.75, 3.05) is 40.3 Å². The fourth-order valence-electron chi connectivity index (χ4n) is 1.71. The van der Waals surface area contributed by atoms with Crippen molar-refractivity contribution in [3.63, 3.8) is 0 Å². The Hall–Kier alpha value is 0.489. The van der Waals surface area contributed by atoms with Gasteiger partial charge in [0, 0.05) is 96.1 Å². The second kappa shape index (κ2) is 21.8. The molecule has 2 heterocycles. The summed E-state index contributed by atoms with van der Waals surface area (Å²) >= 11 is 0. The van der Waals surface area contributed by atoms with E-state index in [-0.39, 0.29) is 99.9 Å². The van der Waals surface area contributed by atoms with Crippen LogP contribution in [0.25, 0.3) is 0 Å². The van der Waals surface area contributed by atoms with Gasteiger partial charge in [-0.05, 0) is 0 Å².